The minimum absolute atomic E-state index is 0.0559. The Morgan fingerprint density at radius 2 is 1.76 bits per heavy atom. The fourth-order valence-electron chi connectivity index (χ4n) is 1.74. The van der Waals surface area contributed by atoms with E-state index in [1.807, 2.05) is 0 Å². The van der Waals surface area contributed by atoms with E-state index in [9.17, 15) is 18.0 Å². The highest BCUT2D eigenvalue weighted by Crippen LogP contribution is 2.21. The van der Waals surface area contributed by atoms with E-state index >= 15 is 0 Å². The normalized spacial score (nSPS) is 10.5. The fourth-order valence-corrected chi connectivity index (χ4v) is 2.01. The van der Waals surface area contributed by atoms with Crippen molar-refractivity contribution >= 4 is 23.2 Å². The molecule has 3 nitrogen and oxygen atoms in total. The Morgan fingerprint density at radius 3 is 2.29 bits per heavy atom. The second-order valence-corrected chi connectivity index (χ2v) is 4.69. The predicted octanol–water partition coefficient (Wildman–Crippen LogP) is 3.47. The molecule has 3 N–H and O–H groups in total. The van der Waals surface area contributed by atoms with Gasteiger partial charge in [0.15, 0.2) is 17.5 Å². The summed E-state index contributed by atoms with van der Waals surface area (Å²) in [5, 5.41) is 3.01. The molecule has 0 aliphatic rings. The monoisotopic (exact) mass is 314 g/mol. The van der Waals surface area contributed by atoms with Crippen LogP contribution in [0.2, 0.25) is 5.02 Å². The molecular weight excluding hydrogens is 305 g/mol. The van der Waals surface area contributed by atoms with Crippen molar-refractivity contribution in [1.29, 1.82) is 0 Å². The molecule has 2 rings (SSSR count). The molecule has 7 heteroatoms. The van der Waals surface area contributed by atoms with Gasteiger partial charge < -0.3 is 11.1 Å². The van der Waals surface area contributed by atoms with E-state index in [1.165, 1.54) is 12.1 Å². The molecule has 0 radical (unpaired) electrons. The van der Waals surface area contributed by atoms with Crippen LogP contribution >= 0.6 is 11.6 Å². The van der Waals surface area contributed by atoms with E-state index in [0.717, 1.165) is 12.1 Å². The van der Waals surface area contributed by atoms with E-state index in [-0.39, 0.29) is 22.7 Å². The summed E-state index contributed by atoms with van der Waals surface area (Å²) >= 11 is 5.87. The van der Waals surface area contributed by atoms with Gasteiger partial charge in [0.25, 0.3) is 0 Å². The topological polar surface area (TPSA) is 55.1 Å². The van der Waals surface area contributed by atoms with Crippen LogP contribution in [0.15, 0.2) is 30.3 Å². The molecule has 0 aliphatic carbocycles. The highest BCUT2D eigenvalue weighted by molar-refractivity contribution is 6.34. The van der Waals surface area contributed by atoms with Gasteiger partial charge >= 0.3 is 0 Å². The molecule has 0 saturated carbocycles. The molecule has 2 aromatic rings. The zero-order valence-electron chi connectivity index (χ0n) is 10.6. The van der Waals surface area contributed by atoms with E-state index in [2.05, 4.69) is 5.32 Å². The minimum Gasteiger partial charge on any atom is -0.381 e. The number of rotatable bonds is 4. The van der Waals surface area contributed by atoms with Crippen molar-refractivity contribution in [2.75, 3.05) is 5.32 Å². The van der Waals surface area contributed by atoms with Gasteiger partial charge in [0.1, 0.15) is 0 Å². The van der Waals surface area contributed by atoms with Crippen molar-refractivity contribution in [3.8, 4) is 0 Å². The number of anilines is 1. The molecule has 0 aromatic heterocycles. The highest BCUT2D eigenvalue weighted by Gasteiger charge is 2.11. The molecule has 0 fully saturated rings. The van der Waals surface area contributed by atoms with Crippen LogP contribution in [0, 0.1) is 17.5 Å². The van der Waals surface area contributed by atoms with Gasteiger partial charge in [-0.05, 0) is 35.9 Å². The predicted molar refractivity (Wildman–Crippen MR) is 73.6 cm³/mol. The summed E-state index contributed by atoms with van der Waals surface area (Å²) < 4.78 is 38.9. The lowest BCUT2D eigenvalue weighted by atomic mass is 10.1. The Morgan fingerprint density at radius 1 is 1.14 bits per heavy atom. The third-order valence-corrected chi connectivity index (χ3v) is 3.09. The number of amides is 1. The largest absolute Gasteiger partial charge is 0.381 e. The van der Waals surface area contributed by atoms with E-state index in [4.69, 9.17) is 17.3 Å². The Kier molecular flexibility index (Phi) is 4.37. The number of halogens is 4. The lowest BCUT2D eigenvalue weighted by molar-refractivity contribution is 0.100. The van der Waals surface area contributed by atoms with Crippen LogP contribution < -0.4 is 11.1 Å². The van der Waals surface area contributed by atoms with Crippen LogP contribution in [0.3, 0.4) is 0 Å². The van der Waals surface area contributed by atoms with E-state index < -0.39 is 23.4 Å². The van der Waals surface area contributed by atoms with Crippen molar-refractivity contribution in [1.82, 2.24) is 0 Å². The Balaban J connectivity index is 2.13. The van der Waals surface area contributed by atoms with Gasteiger partial charge in [0.05, 0.1) is 10.6 Å². The Hall–Kier alpha value is -2.21. The maximum Gasteiger partial charge on any atom is 0.250 e. The molecular formula is C14H10ClF3N2O. The number of hydrogen-bond acceptors (Lipinski definition) is 2. The third kappa shape index (κ3) is 3.46. The molecule has 0 spiro atoms. The van der Waals surface area contributed by atoms with Crippen molar-refractivity contribution in [3.05, 3.63) is 63.9 Å². The van der Waals surface area contributed by atoms with Gasteiger partial charge in [-0.1, -0.05) is 11.6 Å². The maximum atomic E-state index is 13.1. The van der Waals surface area contributed by atoms with Crippen LogP contribution in [-0.4, -0.2) is 5.91 Å². The second-order valence-electron chi connectivity index (χ2n) is 4.29. The van der Waals surface area contributed by atoms with Crippen molar-refractivity contribution in [3.63, 3.8) is 0 Å². The molecule has 2 aromatic carbocycles. The molecule has 110 valence electrons. The van der Waals surface area contributed by atoms with Crippen LogP contribution in [-0.2, 0) is 6.54 Å². The smallest absolute Gasteiger partial charge is 0.250 e. The first-order chi connectivity index (χ1) is 9.88. The number of carbonyl (C=O) groups is 1. The second kappa shape index (κ2) is 6.05. The summed E-state index contributed by atoms with van der Waals surface area (Å²) in [5.74, 6) is -4.68. The first kappa shape index (κ1) is 15.2. The van der Waals surface area contributed by atoms with Gasteiger partial charge in [-0.2, -0.15) is 0 Å². The molecule has 0 saturated heterocycles. The zero-order chi connectivity index (χ0) is 15.6. The lowest BCUT2D eigenvalue weighted by Gasteiger charge is -2.09. The first-order valence-electron chi connectivity index (χ1n) is 5.85. The summed E-state index contributed by atoms with van der Waals surface area (Å²) in [7, 11) is 0. The Labute approximate surface area is 123 Å². The summed E-state index contributed by atoms with van der Waals surface area (Å²) in [5.41, 5.74) is 6.03. The number of hydrogen-bond donors (Lipinski definition) is 2. The van der Waals surface area contributed by atoms with Gasteiger partial charge in [0, 0.05) is 12.2 Å². The van der Waals surface area contributed by atoms with Crippen molar-refractivity contribution in [2.24, 2.45) is 5.73 Å². The minimum atomic E-state index is -1.51. The number of nitrogens with two attached hydrogens (primary N) is 1. The lowest BCUT2D eigenvalue weighted by Crippen LogP contribution is -2.11. The molecule has 0 unspecified atom stereocenters. The quantitative estimate of drug-likeness (QED) is 0.849. The average Bonchev–Trinajstić information content (AvgIpc) is 2.42. The van der Waals surface area contributed by atoms with E-state index in [0.29, 0.717) is 5.69 Å². The van der Waals surface area contributed by atoms with E-state index in [1.54, 1.807) is 6.07 Å². The summed E-state index contributed by atoms with van der Waals surface area (Å²) in [6.07, 6.45) is 0. The average molecular weight is 315 g/mol. The van der Waals surface area contributed by atoms with Crippen LogP contribution in [0.4, 0.5) is 18.9 Å². The number of carbonyl (C=O) groups excluding carboxylic acids is 1. The Bertz CT molecular complexity index is 684. The van der Waals surface area contributed by atoms with Gasteiger partial charge in [-0.3, -0.25) is 4.79 Å². The van der Waals surface area contributed by atoms with Gasteiger partial charge in [-0.15, -0.1) is 0 Å². The zero-order valence-corrected chi connectivity index (χ0v) is 11.3. The molecule has 0 atom stereocenters. The molecule has 21 heavy (non-hydrogen) atoms. The SMILES string of the molecule is NC(=O)c1ccc(NCc2cc(F)c(F)c(F)c2)cc1Cl. The summed E-state index contributed by atoms with van der Waals surface area (Å²) in [6, 6.07) is 6.22. The molecule has 0 bridgehead atoms. The number of benzene rings is 2. The van der Waals surface area contributed by atoms with Gasteiger partial charge in [0.2, 0.25) is 5.91 Å². The summed E-state index contributed by atoms with van der Waals surface area (Å²) in [4.78, 5) is 11.0. The van der Waals surface area contributed by atoms with Crippen molar-refractivity contribution in [2.45, 2.75) is 6.54 Å². The van der Waals surface area contributed by atoms with Crippen LogP contribution in [0.25, 0.3) is 0 Å². The summed E-state index contributed by atoms with van der Waals surface area (Å²) in [6.45, 7) is 0.0559. The van der Waals surface area contributed by atoms with Gasteiger partial charge in [-0.25, -0.2) is 13.2 Å². The van der Waals surface area contributed by atoms with Crippen LogP contribution in [0.1, 0.15) is 15.9 Å². The van der Waals surface area contributed by atoms with Crippen LogP contribution in [0.5, 0.6) is 0 Å². The maximum absolute atomic E-state index is 13.1. The van der Waals surface area contributed by atoms with Crippen molar-refractivity contribution < 1.29 is 18.0 Å². The molecule has 1 amide bonds. The molecule has 0 heterocycles. The number of primary amides is 1. The molecule has 0 aliphatic heterocycles. The standard InChI is InChI=1S/C14H10ClF3N2O/c15-10-5-8(1-2-9(10)14(19)21)20-6-7-3-11(16)13(18)12(17)4-7/h1-5,20H,6H2,(H2,19,21). The third-order valence-electron chi connectivity index (χ3n) is 2.77. The fraction of sp³-hybridized carbons (Fsp3) is 0.0714. The number of nitrogens with one attached hydrogen (secondary N) is 1. The first-order valence-corrected chi connectivity index (χ1v) is 6.23. The highest BCUT2D eigenvalue weighted by atomic mass is 35.5.